The zero-order chi connectivity index (χ0) is 17.4. The molecule has 1 aromatic heterocycles. The number of rotatable bonds is 9. The molecular weight excluding hydrogens is 303 g/mol. The summed E-state index contributed by atoms with van der Waals surface area (Å²) in [6.07, 6.45) is 6.18. The van der Waals surface area contributed by atoms with Gasteiger partial charge in [0.2, 0.25) is 5.91 Å². The standard InChI is InChI=1S/C20H25FN2O/c1-3-5-11-20(24)23(12-4-2)16-19-10-7-13-22(19)15-17-8-6-9-18(21)14-17/h4,6-10,13-14H,2-3,5,11-12,15-16H2,1H3. The van der Waals surface area contributed by atoms with E-state index < -0.39 is 0 Å². The van der Waals surface area contributed by atoms with E-state index in [1.54, 1.807) is 12.1 Å². The molecule has 2 rings (SSSR count). The molecule has 0 spiro atoms. The largest absolute Gasteiger partial charge is 0.345 e. The first-order valence-electron chi connectivity index (χ1n) is 8.41. The Balaban J connectivity index is 2.09. The maximum atomic E-state index is 13.4. The average molecular weight is 328 g/mol. The summed E-state index contributed by atoms with van der Waals surface area (Å²) in [6.45, 7) is 7.49. The average Bonchev–Trinajstić information content (AvgIpc) is 2.99. The number of carbonyl (C=O) groups excluding carboxylic acids is 1. The summed E-state index contributed by atoms with van der Waals surface area (Å²) in [7, 11) is 0. The number of hydrogen-bond donors (Lipinski definition) is 0. The van der Waals surface area contributed by atoms with Crippen molar-refractivity contribution in [2.45, 2.75) is 39.3 Å². The third-order valence-electron chi connectivity index (χ3n) is 3.96. The predicted molar refractivity (Wildman–Crippen MR) is 95.1 cm³/mol. The van der Waals surface area contributed by atoms with Crippen molar-refractivity contribution in [1.29, 1.82) is 0 Å². The molecule has 1 amide bonds. The molecule has 2 aromatic rings. The van der Waals surface area contributed by atoms with Crippen LogP contribution in [-0.4, -0.2) is 21.9 Å². The Bertz CT molecular complexity index is 678. The first-order valence-corrected chi connectivity index (χ1v) is 8.41. The van der Waals surface area contributed by atoms with Crippen LogP contribution >= 0.6 is 0 Å². The summed E-state index contributed by atoms with van der Waals surface area (Å²) >= 11 is 0. The number of nitrogens with zero attached hydrogens (tertiary/aromatic N) is 2. The van der Waals surface area contributed by atoms with Crippen LogP contribution < -0.4 is 0 Å². The molecule has 0 bridgehead atoms. The monoisotopic (exact) mass is 328 g/mol. The number of hydrogen-bond acceptors (Lipinski definition) is 1. The van der Waals surface area contributed by atoms with Gasteiger partial charge in [0, 0.05) is 31.4 Å². The van der Waals surface area contributed by atoms with Gasteiger partial charge in [0.05, 0.1) is 6.54 Å². The van der Waals surface area contributed by atoms with Crippen LogP contribution in [0.15, 0.2) is 55.3 Å². The van der Waals surface area contributed by atoms with Crippen LogP contribution in [0.1, 0.15) is 37.4 Å². The van der Waals surface area contributed by atoms with E-state index in [1.807, 2.05) is 29.3 Å². The van der Waals surface area contributed by atoms with Gasteiger partial charge in [-0.3, -0.25) is 4.79 Å². The summed E-state index contributed by atoms with van der Waals surface area (Å²) in [5, 5.41) is 0. The lowest BCUT2D eigenvalue weighted by atomic mass is 10.2. The normalized spacial score (nSPS) is 10.6. The number of halogens is 1. The quantitative estimate of drug-likeness (QED) is 0.627. The zero-order valence-electron chi connectivity index (χ0n) is 14.2. The number of benzene rings is 1. The molecule has 0 radical (unpaired) electrons. The molecule has 1 heterocycles. The van der Waals surface area contributed by atoms with Crippen LogP contribution in [0.4, 0.5) is 4.39 Å². The van der Waals surface area contributed by atoms with Gasteiger partial charge in [-0.2, -0.15) is 0 Å². The van der Waals surface area contributed by atoms with Gasteiger partial charge >= 0.3 is 0 Å². The second kappa shape index (κ2) is 9.06. The van der Waals surface area contributed by atoms with Crippen molar-refractivity contribution in [2.75, 3.05) is 6.54 Å². The summed E-state index contributed by atoms with van der Waals surface area (Å²) in [6, 6.07) is 10.6. The molecule has 0 aliphatic carbocycles. The molecule has 3 nitrogen and oxygen atoms in total. The summed E-state index contributed by atoms with van der Waals surface area (Å²) in [5.41, 5.74) is 1.94. The van der Waals surface area contributed by atoms with Gasteiger partial charge in [0.25, 0.3) is 0 Å². The molecule has 4 heteroatoms. The van der Waals surface area contributed by atoms with Crippen LogP contribution in [0.25, 0.3) is 0 Å². The van der Waals surface area contributed by atoms with Crippen molar-refractivity contribution in [3.8, 4) is 0 Å². The smallest absolute Gasteiger partial charge is 0.223 e. The van der Waals surface area contributed by atoms with Crippen molar-refractivity contribution in [3.63, 3.8) is 0 Å². The Labute approximate surface area is 143 Å². The fraction of sp³-hybridized carbons (Fsp3) is 0.350. The van der Waals surface area contributed by atoms with Crippen molar-refractivity contribution >= 4 is 5.91 Å². The third kappa shape index (κ3) is 5.08. The first kappa shape index (κ1) is 18.0. The summed E-state index contributed by atoms with van der Waals surface area (Å²) < 4.78 is 15.4. The summed E-state index contributed by atoms with van der Waals surface area (Å²) in [5.74, 6) is -0.0838. The van der Waals surface area contributed by atoms with E-state index in [4.69, 9.17) is 0 Å². The molecule has 0 aliphatic rings. The highest BCUT2D eigenvalue weighted by atomic mass is 19.1. The third-order valence-corrected chi connectivity index (χ3v) is 3.96. The van der Waals surface area contributed by atoms with Gasteiger partial charge in [-0.05, 0) is 36.2 Å². The lowest BCUT2D eigenvalue weighted by Crippen LogP contribution is -2.31. The predicted octanol–water partition coefficient (Wildman–Crippen LogP) is 4.38. The minimum Gasteiger partial charge on any atom is -0.345 e. The van der Waals surface area contributed by atoms with E-state index in [9.17, 15) is 9.18 Å². The lowest BCUT2D eigenvalue weighted by molar-refractivity contribution is -0.131. The van der Waals surface area contributed by atoms with Crippen LogP contribution in [0, 0.1) is 5.82 Å². The Morgan fingerprint density at radius 1 is 1.33 bits per heavy atom. The molecule has 1 aromatic carbocycles. The SMILES string of the molecule is C=CCN(Cc1cccn1Cc1cccc(F)c1)C(=O)CCCC. The minimum absolute atomic E-state index is 0.148. The zero-order valence-corrected chi connectivity index (χ0v) is 14.2. The molecule has 0 aliphatic heterocycles. The topological polar surface area (TPSA) is 25.2 Å². The lowest BCUT2D eigenvalue weighted by Gasteiger charge is -2.22. The molecule has 0 fully saturated rings. The van der Waals surface area contributed by atoms with Crippen molar-refractivity contribution in [3.05, 3.63) is 72.3 Å². The van der Waals surface area contributed by atoms with Gasteiger partial charge in [-0.25, -0.2) is 4.39 Å². The first-order chi connectivity index (χ1) is 11.6. The van der Waals surface area contributed by atoms with Crippen LogP contribution in [-0.2, 0) is 17.9 Å². The Hall–Kier alpha value is -2.36. The molecule has 24 heavy (non-hydrogen) atoms. The van der Waals surface area contributed by atoms with Crippen LogP contribution in [0.2, 0.25) is 0 Å². The fourth-order valence-electron chi connectivity index (χ4n) is 2.67. The molecule has 0 unspecified atom stereocenters. The highest BCUT2D eigenvalue weighted by Crippen LogP contribution is 2.13. The number of aromatic nitrogens is 1. The molecule has 0 N–H and O–H groups in total. The Morgan fingerprint density at radius 3 is 2.88 bits per heavy atom. The molecule has 128 valence electrons. The van der Waals surface area contributed by atoms with Crippen molar-refractivity contribution < 1.29 is 9.18 Å². The van der Waals surface area contributed by atoms with Crippen LogP contribution in [0.5, 0.6) is 0 Å². The highest BCUT2D eigenvalue weighted by molar-refractivity contribution is 5.76. The van der Waals surface area contributed by atoms with Crippen molar-refractivity contribution in [2.24, 2.45) is 0 Å². The molecule has 0 saturated heterocycles. The molecule has 0 saturated carbocycles. The minimum atomic E-state index is -0.232. The maximum Gasteiger partial charge on any atom is 0.223 e. The van der Waals surface area contributed by atoms with E-state index in [1.165, 1.54) is 12.1 Å². The second-order valence-electron chi connectivity index (χ2n) is 5.92. The molecular formula is C20H25FN2O. The Kier molecular flexibility index (Phi) is 6.79. The van der Waals surface area contributed by atoms with Crippen molar-refractivity contribution in [1.82, 2.24) is 9.47 Å². The van der Waals surface area contributed by atoms with Gasteiger partial charge in [-0.1, -0.05) is 31.6 Å². The number of amides is 1. The Morgan fingerprint density at radius 2 is 2.17 bits per heavy atom. The number of carbonyl (C=O) groups is 1. The maximum absolute atomic E-state index is 13.4. The van der Waals surface area contributed by atoms with Crippen LogP contribution in [0.3, 0.4) is 0 Å². The van der Waals surface area contributed by atoms with Gasteiger partial charge in [0.15, 0.2) is 0 Å². The number of unbranched alkanes of at least 4 members (excludes halogenated alkanes) is 1. The summed E-state index contributed by atoms with van der Waals surface area (Å²) in [4.78, 5) is 14.2. The van der Waals surface area contributed by atoms with Gasteiger partial charge in [-0.15, -0.1) is 6.58 Å². The molecule has 0 atom stereocenters. The van der Waals surface area contributed by atoms with E-state index in [2.05, 4.69) is 18.1 Å². The van der Waals surface area contributed by atoms with Gasteiger partial charge < -0.3 is 9.47 Å². The van der Waals surface area contributed by atoms with E-state index in [0.29, 0.717) is 26.1 Å². The van der Waals surface area contributed by atoms with E-state index in [0.717, 1.165) is 24.1 Å². The fourth-order valence-corrected chi connectivity index (χ4v) is 2.67. The highest BCUT2D eigenvalue weighted by Gasteiger charge is 2.14. The second-order valence-corrected chi connectivity index (χ2v) is 5.92. The van der Waals surface area contributed by atoms with E-state index in [-0.39, 0.29) is 11.7 Å². The van der Waals surface area contributed by atoms with Gasteiger partial charge in [0.1, 0.15) is 5.82 Å². The van der Waals surface area contributed by atoms with E-state index >= 15 is 0 Å².